The van der Waals surface area contributed by atoms with E-state index >= 15 is 8.78 Å². The van der Waals surface area contributed by atoms with Crippen LogP contribution in [0.25, 0.3) is 66.4 Å². The third kappa shape index (κ3) is 9.75. The van der Waals surface area contributed by atoms with E-state index in [-0.39, 0.29) is 35.6 Å². The van der Waals surface area contributed by atoms with Gasteiger partial charge in [0.05, 0.1) is 104 Å². The number of ether oxygens (including phenoxy) is 4. The molecule has 2 aliphatic rings. The molecular weight excluding hydrogens is 1020 g/mol. The van der Waals surface area contributed by atoms with Gasteiger partial charge in [-0.1, -0.05) is 46.8 Å². The number of methoxy groups -OCH3 is 2. The van der Waals surface area contributed by atoms with Gasteiger partial charge in [-0.05, 0) is 139 Å². The van der Waals surface area contributed by atoms with E-state index in [2.05, 4.69) is 41.9 Å². The number of aromatic nitrogens is 10. The second-order valence-electron chi connectivity index (χ2n) is 22.3. The highest BCUT2D eigenvalue weighted by Gasteiger charge is 2.36. The second-order valence-corrected chi connectivity index (χ2v) is 22.3. The Hall–Kier alpha value is -7.64. The SMILES string of the molecule is COc1cc(C(C)(C)O)cc2c1c1ncc(-c3c(C)nnn3C)cc1n2C(c1ccccc1F)C1CCOCC1.COc1cc(C(C)(C)O)cc2c1c1ncc(-c3c(C)nnn3C)cc1n2C(c1ccccc1F)C1CCOCC1. The van der Waals surface area contributed by atoms with Crippen molar-refractivity contribution in [2.24, 2.45) is 25.9 Å². The summed E-state index contributed by atoms with van der Waals surface area (Å²) in [6, 6.07) is 25.2. The molecule has 12 rings (SSSR count). The van der Waals surface area contributed by atoms with E-state index in [9.17, 15) is 10.2 Å². The van der Waals surface area contributed by atoms with E-state index in [0.717, 1.165) is 103 Å². The average molecular weight is 1090 g/mol. The Bertz CT molecular complexity index is 3640. The molecule has 2 saturated heterocycles. The number of benzene rings is 4. The number of nitrogens with zero attached hydrogens (tertiary/aromatic N) is 10. The Morgan fingerprint density at radius 1 is 0.562 bits per heavy atom. The molecule has 4 aromatic carbocycles. The summed E-state index contributed by atoms with van der Waals surface area (Å²) in [6.45, 7) is 13.3. The molecule has 16 nitrogen and oxygen atoms in total. The van der Waals surface area contributed by atoms with Gasteiger partial charge < -0.3 is 38.3 Å². The van der Waals surface area contributed by atoms with E-state index in [1.165, 1.54) is 12.1 Å². The highest BCUT2D eigenvalue weighted by molar-refractivity contribution is 6.11. The standard InChI is InChI=1S/2C31H34FN5O3/c2*1-18-29(36(4)35-34-18)20-14-25-28(33-17-20)27-24(15-21(31(2,3)38)16-26(27)39-5)37(25)30(19-10-12-40-13-11-19)22-8-6-7-9-23(22)32/h2*6-9,14-17,19,30,38H,10-13H2,1-5H3. The normalized spacial score (nSPS) is 15.7. The number of aliphatic hydroxyl groups is 2. The lowest BCUT2D eigenvalue weighted by atomic mass is 9.86. The molecule has 416 valence electrons. The summed E-state index contributed by atoms with van der Waals surface area (Å²) >= 11 is 0. The predicted octanol–water partition coefficient (Wildman–Crippen LogP) is 11.4. The maximum Gasteiger partial charge on any atom is 0.130 e. The van der Waals surface area contributed by atoms with Crippen molar-refractivity contribution in [3.63, 3.8) is 0 Å². The summed E-state index contributed by atoms with van der Waals surface area (Å²) in [7, 11) is 6.96. The zero-order valence-electron chi connectivity index (χ0n) is 47.0. The number of pyridine rings is 2. The summed E-state index contributed by atoms with van der Waals surface area (Å²) < 4.78 is 62.4. The Morgan fingerprint density at radius 2 is 0.938 bits per heavy atom. The van der Waals surface area contributed by atoms with Gasteiger partial charge in [-0.3, -0.25) is 9.97 Å². The van der Waals surface area contributed by atoms with Crippen molar-refractivity contribution in [1.29, 1.82) is 0 Å². The molecule has 0 amide bonds. The van der Waals surface area contributed by atoms with E-state index in [1.54, 1.807) is 63.4 Å². The number of hydrogen-bond acceptors (Lipinski definition) is 12. The first-order valence-corrected chi connectivity index (χ1v) is 27.2. The molecule has 6 aromatic heterocycles. The van der Waals surface area contributed by atoms with Gasteiger partial charge in [0.25, 0.3) is 0 Å². The summed E-state index contributed by atoms with van der Waals surface area (Å²) in [4.78, 5) is 9.92. The van der Waals surface area contributed by atoms with Crippen LogP contribution in [0.4, 0.5) is 8.78 Å². The van der Waals surface area contributed by atoms with Crippen molar-refractivity contribution in [1.82, 2.24) is 49.1 Å². The third-order valence-electron chi connectivity index (χ3n) is 16.2. The van der Waals surface area contributed by atoms with Crippen LogP contribution in [-0.4, -0.2) is 100.0 Å². The minimum atomic E-state index is -1.12. The summed E-state index contributed by atoms with van der Waals surface area (Å²) in [5.74, 6) is 0.938. The summed E-state index contributed by atoms with van der Waals surface area (Å²) in [5.41, 5.74) is 10.3. The molecule has 2 N–H and O–H groups in total. The molecule has 18 heteroatoms. The van der Waals surface area contributed by atoms with E-state index in [1.807, 2.05) is 88.9 Å². The van der Waals surface area contributed by atoms with Crippen molar-refractivity contribution < 1.29 is 37.9 Å². The molecular formula is C62H68F2N10O6. The van der Waals surface area contributed by atoms with Crippen molar-refractivity contribution in [3.8, 4) is 34.0 Å². The lowest BCUT2D eigenvalue weighted by Gasteiger charge is -2.33. The predicted molar refractivity (Wildman–Crippen MR) is 304 cm³/mol. The monoisotopic (exact) mass is 1090 g/mol. The maximum atomic E-state index is 15.7. The number of halogens is 2. The second kappa shape index (κ2) is 21.4. The van der Waals surface area contributed by atoms with Gasteiger partial charge in [0.1, 0.15) is 23.1 Å². The van der Waals surface area contributed by atoms with E-state index < -0.39 is 11.2 Å². The molecule has 0 saturated carbocycles. The molecule has 80 heavy (non-hydrogen) atoms. The van der Waals surface area contributed by atoms with Crippen molar-refractivity contribution in [2.45, 2.75) is 90.5 Å². The van der Waals surface area contributed by atoms with Crippen LogP contribution in [0, 0.1) is 37.3 Å². The Labute approximate surface area is 462 Å². The van der Waals surface area contributed by atoms with Crippen LogP contribution in [0.15, 0.2) is 97.3 Å². The van der Waals surface area contributed by atoms with Crippen molar-refractivity contribution in [2.75, 3.05) is 40.6 Å². The maximum absolute atomic E-state index is 15.7. The van der Waals surface area contributed by atoms with Crippen LogP contribution in [0.5, 0.6) is 11.5 Å². The quantitative estimate of drug-likeness (QED) is 0.119. The largest absolute Gasteiger partial charge is 0.496 e. The number of aryl methyl sites for hydroxylation is 4. The highest BCUT2D eigenvalue weighted by Crippen LogP contribution is 2.48. The molecule has 2 unspecified atom stereocenters. The molecule has 2 aliphatic heterocycles. The van der Waals surface area contributed by atoms with Gasteiger partial charge in [-0.15, -0.1) is 10.2 Å². The topological polar surface area (TPSA) is 174 Å². The minimum Gasteiger partial charge on any atom is -0.496 e. The number of rotatable bonds is 12. The highest BCUT2D eigenvalue weighted by atomic mass is 19.1. The Morgan fingerprint density at radius 3 is 1.26 bits per heavy atom. The number of fused-ring (bicyclic) bond motifs is 6. The fourth-order valence-corrected chi connectivity index (χ4v) is 12.3. The number of hydrogen-bond donors (Lipinski definition) is 2. The van der Waals surface area contributed by atoms with Gasteiger partial charge in [-0.25, -0.2) is 18.1 Å². The zero-order valence-corrected chi connectivity index (χ0v) is 47.0. The van der Waals surface area contributed by atoms with Crippen LogP contribution < -0.4 is 9.47 Å². The van der Waals surface area contributed by atoms with Gasteiger partial charge in [-0.2, -0.15) is 0 Å². The summed E-state index contributed by atoms with van der Waals surface area (Å²) in [5, 5.41) is 40.6. The van der Waals surface area contributed by atoms with Crippen LogP contribution in [0.3, 0.4) is 0 Å². The average Bonchev–Trinajstić information content (AvgIpc) is 4.19. The van der Waals surface area contributed by atoms with Gasteiger partial charge in [0.15, 0.2) is 0 Å². The lowest BCUT2D eigenvalue weighted by molar-refractivity contribution is 0.0547. The van der Waals surface area contributed by atoms with Crippen LogP contribution in [-0.2, 0) is 34.8 Å². The molecule has 8 heterocycles. The molecule has 0 spiro atoms. The summed E-state index contributed by atoms with van der Waals surface area (Å²) in [6.07, 6.45) is 6.82. The van der Waals surface area contributed by atoms with Crippen LogP contribution in [0.2, 0.25) is 0 Å². The first-order chi connectivity index (χ1) is 38.4. The smallest absolute Gasteiger partial charge is 0.130 e. The lowest BCUT2D eigenvalue weighted by Crippen LogP contribution is -2.27. The van der Waals surface area contributed by atoms with Crippen molar-refractivity contribution in [3.05, 3.63) is 143 Å². The Balaban J connectivity index is 0.000000169. The molecule has 2 fully saturated rings. The molecule has 0 aliphatic carbocycles. The first-order valence-electron chi connectivity index (χ1n) is 27.2. The molecule has 10 aromatic rings. The molecule has 2 atom stereocenters. The zero-order chi connectivity index (χ0) is 56.4. The first kappa shape index (κ1) is 54.3. The van der Waals surface area contributed by atoms with E-state index in [4.69, 9.17) is 28.9 Å². The van der Waals surface area contributed by atoms with Gasteiger partial charge in [0, 0.05) is 75.2 Å². The molecule has 0 radical (unpaired) electrons. The molecule has 0 bridgehead atoms. The fraction of sp³-hybridized carbons (Fsp3) is 0.387. The van der Waals surface area contributed by atoms with Gasteiger partial charge in [0.2, 0.25) is 0 Å². The van der Waals surface area contributed by atoms with Crippen LogP contribution >= 0.6 is 0 Å². The van der Waals surface area contributed by atoms with Crippen LogP contribution in [0.1, 0.15) is 99.1 Å². The van der Waals surface area contributed by atoms with Crippen molar-refractivity contribution >= 4 is 43.9 Å². The van der Waals surface area contributed by atoms with Gasteiger partial charge >= 0.3 is 0 Å². The Kier molecular flexibility index (Phi) is 14.6. The third-order valence-corrected chi connectivity index (χ3v) is 16.2. The minimum absolute atomic E-state index is 0.116. The fourth-order valence-electron chi connectivity index (χ4n) is 12.3. The van der Waals surface area contributed by atoms with E-state index in [0.29, 0.717) is 60.2 Å².